The second kappa shape index (κ2) is 4.90. The molecule has 0 saturated carbocycles. The van der Waals surface area contributed by atoms with E-state index in [4.69, 9.17) is 0 Å². The average Bonchev–Trinajstić information content (AvgIpc) is 2.38. The zero-order valence-corrected chi connectivity index (χ0v) is 10.6. The van der Waals surface area contributed by atoms with Crippen LogP contribution >= 0.6 is 0 Å². The monoisotopic (exact) mass is 284 g/mol. The first-order valence-corrected chi connectivity index (χ1v) is 5.87. The maximum Gasteiger partial charge on any atom is 0.425 e. The molecule has 1 unspecified atom stereocenters. The number of aryl methyl sites for hydroxylation is 1. The molecule has 0 saturated heterocycles. The molecule has 106 valence electrons. The molecule has 0 aliphatic rings. The number of rotatable bonds is 2. The van der Waals surface area contributed by atoms with Crippen molar-refractivity contribution in [2.24, 2.45) is 0 Å². The fraction of sp³-hybridized carbons (Fsp3) is 0.200. The summed E-state index contributed by atoms with van der Waals surface area (Å²) < 4.78 is 52.9. The summed E-state index contributed by atoms with van der Waals surface area (Å²) in [7, 11) is 0. The van der Waals surface area contributed by atoms with Gasteiger partial charge in [-0.3, -0.25) is 0 Å². The van der Waals surface area contributed by atoms with Crippen LogP contribution in [0.3, 0.4) is 0 Å². The molecule has 0 radical (unpaired) electrons. The first kappa shape index (κ1) is 14.5. The lowest BCUT2D eigenvalue weighted by Crippen LogP contribution is -2.43. The minimum absolute atomic E-state index is 0.304. The van der Waals surface area contributed by atoms with Gasteiger partial charge in [-0.1, -0.05) is 42.0 Å². The zero-order valence-electron chi connectivity index (χ0n) is 10.6. The van der Waals surface area contributed by atoms with Crippen LogP contribution in [0.1, 0.15) is 16.7 Å². The first-order valence-electron chi connectivity index (χ1n) is 5.87. The first-order chi connectivity index (χ1) is 9.25. The van der Waals surface area contributed by atoms with Crippen molar-refractivity contribution in [3.63, 3.8) is 0 Å². The summed E-state index contributed by atoms with van der Waals surface area (Å²) in [5, 5.41) is 10.2. The second-order valence-corrected chi connectivity index (χ2v) is 4.58. The molecule has 2 rings (SSSR count). The average molecular weight is 284 g/mol. The van der Waals surface area contributed by atoms with E-state index in [1.165, 1.54) is 24.3 Å². The van der Waals surface area contributed by atoms with Gasteiger partial charge in [0.25, 0.3) is 0 Å². The van der Waals surface area contributed by atoms with Gasteiger partial charge in [-0.2, -0.15) is 13.2 Å². The van der Waals surface area contributed by atoms with Crippen molar-refractivity contribution in [2.75, 3.05) is 0 Å². The van der Waals surface area contributed by atoms with E-state index in [1.54, 1.807) is 6.92 Å². The molecule has 20 heavy (non-hydrogen) atoms. The van der Waals surface area contributed by atoms with E-state index < -0.39 is 23.2 Å². The minimum atomic E-state index is -4.92. The maximum absolute atomic E-state index is 13.3. The van der Waals surface area contributed by atoms with Gasteiger partial charge >= 0.3 is 6.18 Å². The highest BCUT2D eigenvalue weighted by Gasteiger charge is 2.56. The van der Waals surface area contributed by atoms with Gasteiger partial charge in [0.1, 0.15) is 5.82 Å². The van der Waals surface area contributed by atoms with Crippen molar-refractivity contribution in [1.82, 2.24) is 0 Å². The molecule has 0 aromatic heterocycles. The molecule has 2 aromatic rings. The fourth-order valence-electron chi connectivity index (χ4n) is 1.98. The Morgan fingerprint density at radius 2 is 1.20 bits per heavy atom. The lowest BCUT2D eigenvalue weighted by atomic mass is 9.85. The second-order valence-electron chi connectivity index (χ2n) is 4.58. The van der Waals surface area contributed by atoms with Crippen LogP contribution in [-0.4, -0.2) is 11.3 Å². The molecule has 0 amide bonds. The van der Waals surface area contributed by atoms with Crippen molar-refractivity contribution in [1.29, 1.82) is 0 Å². The SMILES string of the molecule is Cc1ccc(C(O)(c2ccc(F)cc2)C(F)(F)F)cc1. The van der Waals surface area contributed by atoms with Crippen LogP contribution in [-0.2, 0) is 5.60 Å². The molecule has 1 nitrogen and oxygen atoms in total. The Morgan fingerprint density at radius 1 is 0.800 bits per heavy atom. The van der Waals surface area contributed by atoms with Gasteiger partial charge in [-0.05, 0) is 30.2 Å². The molecule has 0 fully saturated rings. The van der Waals surface area contributed by atoms with Crippen LogP contribution in [0.4, 0.5) is 17.6 Å². The molecule has 1 atom stereocenters. The molecular formula is C15H12F4O. The molecule has 0 aliphatic carbocycles. The topological polar surface area (TPSA) is 20.2 Å². The van der Waals surface area contributed by atoms with Crippen molar-refractivity contribution in [2.45, 2.75) is 18.7 Å². The lowest BCUT2D eigenvalue weighted by molar-refractivity contribution is -0.248. The predicted octanol–water partition coefficient (Wildman–Crippen LogP) is 3.93. The zero-order chi connectivity index (χ0) is 15.0. The number of hydrogen-bond acceptors (Lipinski definition) is 1. The summed E-state index contributed by atoms with van der Waals surface area (Å²) in [6.45, 7) is 1.73. The quantitative estimate of drug-likeness (QED) is 0.828. The van der Waals surface area contributed by atoms with Crippen LogP contribution in [0, 0.1) is 12.7 Å². The van der Waals surface area contributed by atoms with Crippen LogP contribution in [0.5, 0.6) is 0 Å². The van der Waals surface area contributed by atoms with Gasteiger partial charge in [0.2, 0.25) is 5.60 Å². The lowest BCUT2D eigenvalue weighted by Gasteiger charge is -2.31. The third kappa shape index (κ3) is 2.41. The van der Waals surface area contributed by atoms with Gasteiger partial charge in [0, 0.05) is 0 Å². The summed E-state index contributed by atoms with van der Waals surface area (Å²) in [5.41, 5.74) is -3.11. The van der Waals surface area contributed by atoms with Gasteiger partial charge < -0.3 is 5.11 Å². The van der Waals surface area contributed by atoms with Gasteiger partial charge in [0.05, 0.1) is 0 Å². The van der Waals surface area contributed by atoms with E-state index in [-0.39, 0.29) is 5.56 Å². The van der Waals surface area contributed by atoms with Crippen LogP contribution in [0.25, 0.3) is 0 Å². The standard InChI is InChI=1S/C15H12F4O/c1-10-2-4-11(5-3-10)14(20,15(17,18)19)12-6-8-13(16)9-7-12/h2-9,20H,1H3. The Kier molecular flexibility index (Phi) is 3.56. The Hall–Kier alpha value is -1.88. The Morgan fingerprint density at radius 3 is 1.60 bits per heavy atom. The van der Waals surface area contributed by atoms with Gasteiger partial charge in [0.15, 0.2) is 0 Å². The normalized spacial score (nSPS) is 14.9. The van der Waals surface area contributed by atoms with Crippen molar-refractivity contribution in [3.05, 3.63) is 71.0 Å². The van der Waals surface area contributed by atoms with E-state index in [1.807, 2.05) is 0 Å². The van der Waals surface area contributed by atoms with Crippen LogP contribution in [0.15, 0.2) is 48.5 Å². The maximum atomic E-state index is 13.3. The minimum Gasteiger partial charge on any atom is -0.372 e. The predicted molar refractivity (Wildman–Crippen MR) is 66.6 cm³/mol. The fourth-order valence-corrected chi connectivity index (χ4v) is 1.98. The highest BCUT2D eigenvalue weighted by Crippen LogP contribution is 2.44. The van der Waals surface area contributed by atoms with E-state index >= 15 is 0 Å². The largest absolute Gasteiger partial charge is 0.425 e. The van der Waals surface area contributed by atoms with E-state index in [2.05, 4.69) is 0 Å². The molecular weight excluding hydrogens is 272 g/mol. The third-order valence-electron chi connectivity index (χ3n) is 3.14. The Labute approximate surface area is 113 Å². The summed E-state index contributed by atoms with van der Waals surface area (Å²) in [6.07, 6.45) is -4.92. The molecule has 2 aromatic carbocycles. The number of alkyl halides is 3. The third-order valence-corrected chi connectivity index (χ3v) is 3.14. The van der Waals surface area contributed by atoms with E-state index in [9.17, 15) is 22.7 Å². The molecule has 0 bridgehead atoms. The summed E-state index contributed by atoms with van der Waals surface area (Å²) in [6, 6.07) is 9.04. The Bertz CT molecular complexity index is 539. The van der Waals surface area contributed by atoms with E-state index in [0.717, 1.165) is 29.8 Å². The summed E-state index contributed by atoms with van der Waals surface area (Å²) in [5.74, 6) is -0.665. The summed E-state index contributed by atoms with van der Waals surface area (Å²) in [4.78, 5) is 0. The molecule has 0 heterocycles. The molecule has 5 heteroatoms. The van der Waals surface area contributed by atoms with Gasteiger partial charge in [-0.25, -0.2) is 4.39 Å². The Balaban J connectivity index is 2.62. The van der Waals surface area contributed by atoms with Crippen molar-refractivity contribution in [3.8, 4) is 0 Å². The molecule has 1 N–H and O–H groups in total. The highest BCUT2D eigenvalue weighted by molar-refractivity contribution is 5.39. The van der Waals surface area contributed by atoms with Crippen molar-refractivity contribution < 1.29 is 22.7 Å². The highest BCUT2D eigenvalue weighted by atomic mass is 19.4. The number of benzene rings is 2. The molecule has 0 spiro atoms. The van der Waals surface area contributed by atoms with Crippen LogP contribution in [0.2, 0.25) is 0 Å². The van der Waals surface area contributed by atoms with Crippen LogP contribution < -0.4 is 0 Å². The smallest absolute Gasteiger partial charge is 0.372 e. The van der Waals surface area contributed by atoms with Crippen molar-refractivity contribution >= 4 is 0 Å². The number of hydrogen-bond donors (Lipinski definition) is 1. The molecule has 0 aliphatic heterocycles. The number of aliphatic hydroxyl groups is 1. The van der Waals surface area contributed by atoms with Gasteiger partial charge in [-0.15, -0.1) is 0 Å². The number of halogens is 4. The summed E-state index contributed by atoms with van der Waals surface area (Å²) >= 11 is 0. The van der Waals surface area contributed by atoms with E-state index in [0.29, 0.717) is 0 Å².